The first-order valence-electron chi connectivity index (χ1n) is 5.26. The Morgan fingerprint density at radius 2 is 1.87 bits per heavy atom. The summed E-state index contributed by atoms with van der Waals surface area (Å²) in [4.78, 5) is 7.06. The van der Waals surface area contributed by atoms with E-state index < -0.39 is 0 Å². The van der Waals surface area contributed by atoms with Crippen LogP contribution in [-0.4, -0.2) is 4.98 Å². The summed E-state index contributed by atoms with van der Waals surface area (Å²) in [5.41, 5.74) is 2.90. The van der Waals surface area contributed by atoms with Crippen molar-refractivity contribution in [3.05, 3.63) is 28.3 Å². The topological polar surface area (TPSA) is 12.9 Å². The van der Waals surface area contributed by atoms with E-state index in [9.17, 15) is 0 Å². The number of fused-ring (bicyclic) bond motifs is 1. The Bertz CT molecular complexity index is 503. The smallest absolute Gasteiger partial charge is 0.123 e. The average Bonchev–Trinajstić information content (AvgIpc) is 2.38. The Labute approximate surface area is 95.2 Å². The summed E-state index contributed by atoms with van der Waals surface area (Å²) in [5, 5.41) is 1.34. The summed E-state index contributed by atoms with van der Waals surface area (Å²) < 4.78 is 0. The Balaban J connectivity index is 2.82. The maximum absolute atomic E-state index is 4.49. The lowest BCUT2D eigenvalue weighted by atomic mass is 9.85. The van der Waals surface area contributed by atoms with Crippen molar-refractivity contribution in [2.45, 2.75) is 40.0 Å². The molecule has 0 N–H and O–H groups in total. The predicted molar refractivity (Wildman–Crippen MR) is 67.8 cm³/mol. The van der Waals surface area contributed by atoms with Gasteiger partial charge in [-0.3, -0.25) is 0 Å². The minimum absolute atomic E-state index is 0.206. The van der Waals surface area contributed by atoms with Gasteiger partial charge in [-0.05, 0) is 36.5 Å². The maximum atomic E-state index is 4.49. The third-order valence-corrected chi connectivity index (χ3v) is 3.64. The van der Waals surface area contributed by atoms with E-state index in [1.165, 1.54) is 26.2 Å². The van der Waals surface area contributed by atoms with E-state index in [2.05, 4.69) is 45.7 Å². The summed E-state index contributed by atoms with van der Waals surface area (Å²) in [6, 6.07) is 2.26. The van der Waals surface area contributed by atoms with Crippen molar-refractivity contribution in [2.24, 2.45) is 0 Å². The molecule has 0 bridgehead atoms. The monoisotopic (exact) mass is 219 g/mol. The number of pyridine rings is 1. The molecule has 80 valence electrons. The van der Waals surface area contributed by atoms with Crippen LogP contribution < -0.4 is 0 Å². The molecule has 0 atom stereocenters. The van der Waals surface area contributed by atoms with Crippen molar-refractivity contribution in [2.75, 3.05) is 0 Å². The van der Waals surface area contributed by atoms with E-state index in [-0.39, 0.29) is 5.41 Å². The lowest BCUT2D eigenvalue weighted by Gasteiger charge is -2.19. The molecule has 0 spiro atoms. The van der Waals surface area contributed by atoms with Crippen molar-refractivity contribution in [3.63, 3.8) is 0 Å². The highest BCUT2D eigenvalue weighted by atomic mass is 32.1. The predicted octanol–water partition coefficient (Wildman–Crippen LogP) is 4.21. The minimum atomic E-state index is 0.206. The third kappa shape index (κ3) is 1.78. The molecule has 15 heavy (non-hydrogen) atoms. The van der Waals surface area contributed by atoms with Crippen LogP contribution in [0, 0.1) is 13.8 Å². The van der Waals surface area contributed by atoms with E-state index in [1.807, 2.05) is 6.20 Å². The Morgan fingerprint density at radius 3 is 2.47 bits per heavy atom. The lowest BCUT2D eigenvalue weighted by Crippen LogP contribution is -2.11. The van der Waals surface area contributed by atoms with Crippen LogP contribution in [-0.2, 0) is 5.41 Å². The number of rotatable bonds is 0. The van der Waals surface area contributed by atoms with Gasteiger partial charge in [0.1, 0.15) is 4.83 Å². The number of hydrogen-bond acceptors (Lipinski definition) is 2. The number of thiophene rings is 1. The number of hydrogen-bond donors (Lipinski definition) is 0. The van der Waals surface area contributed by atoms with Gasteiger partial charge in [0, 0.05) is 16.5 Å². The molecular weight excluding hydrogens is 202 g/mol. The van der Waals surface area contributed by atoms with E-state index in [4.69, 9.17) is 0 Å². The van der Waals surface area contributed by atoms with Gasteiger partial charge in [-0.15, -0.1) is 11.3 Å². The molecule has 2 heterocycles. The van der Waals surface area contributed by atoms with Crippen molar-refractivity contribution in [1.82, 2.24) is 4.98 Å². The molecule has 2 aromatic heterocycles. The van der Waals surface area contributed by atoms with Gasteiger partial charge in [0.15, 0.2) is 0 Å². The lowest BCUT2D eigenvalue weighted by molar-refractivity contribution is 0.594. The first-order valence-corrected chi connectivity index (χ1v) is 6.07. The summed E-state index contributed by atoms with van der Waals surface area (Å²) in [6.07, 6.45) is 1.95. The van der Waals surface area contributed by atoms with Gasteiger partial charge in [-0.2, -0.15) is 0 Å². The molecule has 0 fully saturated rings. The van der Waals surface area contributed by atoms with Crippen LogP contribution in [0.25, 0.3) is 10.2 Å². The van der Waals surface area contributed by atoms with E-state index in [0.717, 1.165) is 0 Å². The average molecular weight is 219 g/mol. The van der Waals surface area contributed by atoms with Crippen molar-refractivity contribution in [1.29, 1.82) is 0 Å². The first-order chi connectivity index (χ1) is 6.89. The van der Waals surface area contributed by atoms with Crippen LogP contribution in [0.1, 0.15) is 36.8 Å². The maximum Gasteiger partial charge on any atom is 0.123 e. The fraction of sp³-hybridized carbons (Fsp3) is 0.462. The molecule has 0 saturated heterocycles. The van der Waals surface area contributed by atoms with Crippen molar-refractivity contribution in [3.8, 4) is 0 Å². The van der Waals surface area contributed by atoms with Gasteiger partial charge in [-0.25, -0.2) is 4.98 Å². The zero-order valence-corrected chi connectivity index (χ0v) is 10.8. The Hall–Kier alpha value is -0.890. The molecular formula is C13H17NS. The third-order valence-electron chi connectivity index (χ3n) is 2.61. The van der Waals surface area contributed by atoms with Crippen molar-refractivity contribution < 1.29 is 0 Å². The van der Waals surface area contributed by atoms with Gasteiger partial charge in [0.2, 0.25) is 0 Å². The minimum Gasteiger partial charge on any atom is -0.245 e. The fourth-order valence-corrected chi connectivity index (χ4v) is 3.32. The molecule has 0 saturated carbocycles. The first kappa shape index (κ1) is 10.6. The molecule has 1 nitrogen and oxygen atoms in total. The Kier molecular flexibility index (Phi) is 2.34. The molecule has 0 aliphatic heterocycles. The second-order valence-electron chi connectivity index (χ2n) is 5.15. The van der Waals surface area contributed by atoms with Gasteiger partial charge < -0.3 is 0 Å². The van der Waals surface area contributed by atoms with E-state index >= 15 is 0 Å². The summed E-state index contributed by atoms with van der Waals surface area (Å²) >= 11 is 1.80. The molecule has 2 rings (SSSR count). The molecule has 0 aromatic carbocycles. The van der Waals surface area contributed by atoms with Crippen LogP contribution in [0.4, 0.5) is 0 Å². The fourth-order valence-electron chi connectivity index (χ4n) is 2.13. The quantitative estimate of drug-likeness (QED) is 0.646. The molecule has 0 radical (unpaired) electrons. The van der Waals surface area contributed by atoms with E-state index in [0.29, 0.717) is 0 Å². The van der Waals surface area contributed by atoms with Gasteiger partial charge in [-0.1, -0.05) is 20.8 Å². The summed E-state index contributed by atoms with van der Waals surface area (Å²) in [5.74, 6) is 0. The highest BCUT2D eigenvalue weighted by molar-refractivity contribution is 7.18. The summed E-state index contributed by atoms with van der Waals surface area (Å²) in [6.45, 7) is 11.1. The standard InChI is InChI=1S/C13H17NS/c1-8-6-10-11(13(3,4)5)9(2)15-12(10)14-7-8/h6-7H,1-5H3. The van der Waals surface area contributed by atoms with Gasteiger partial charge in [0.05, 0.1) is 0 Å². The van der Waals surface area contributed by atoms with Crippen LogP contribution in [0.5, 0.6) is 0 Å². The molecule has 2 heteroatoms. The van der Waals surface area contributed by atoms with Crippen LogP contribution in [0.15, 0.2) is 12.3 Å². The highest BCUT2D eigenvalue weighted by Gasteiger charge is 2.21. The Morgan fingerprint density at radius 1 is 1.20 bits per heavy atom. The largest absolute Gasteiger partial charge is 0.245 e. The zero-order valence-electron chi connectivity index (χ0n) is 10.0. The number of aromatic nitrogens is 1. The van der Waals surface area contributed by atoms with Crippen LogP contribution in [0.3, 0.4) is 0 Å². The number of nitrogens with zero attached hydrogens (tertiary/aromatic N) is 1. The molecule has 0 aliphatic carbocycles. The highest BCUT2D eigenvalue weighted by Crippen LogP contribution is 2.37. The second kappa shape index (κ2) is 3.31. The van der Waals surface area contributed by atoms with Gasteiger partial charge >= 0.3 is 0 Å². The zero-order chi connectivity index (χ0) is 11.2. The van der Waals surface area contributed by atoms with Crippen LogP contribution in [0.2, 0.25) is 0 Å². The molecule has 0 amide bonds. The summed E-state index contributed by atoms with van der Waals surface area (Å²) in [7, 11) is 0. The van der Waals surface area contributed by atoms with E-state index in [1.54, 1.807) is 11.3 Å². The van der Waals surface area contributed by atoms with Crippen molar-refractivity contribution >= 4 is 21.6 Å². The molecule has 0 unspecified atom stereocenters. The van der Waals surface area contributed by atoms with Gasteiger partial charge in [0.25, 0.3) is 0 Å². The number of aryl methyl sites for hydroxylation is 2. The normalized spacial score (nSPS) is 12.3. The second-order valence-corrected chi connectivity index (χ2v) is 6.35. The molecule has 0 aliphatic rings. The van der Waals surface area contributed by atoms with Crippen LogP contribution >= 0.6 is 11.3 Å². The molecule has 2 aromatic rings. The SMILES string of the molecule is Cc1cnc2sc(C)c(C(C)(C)C)c2c1.